The van der Waals surface area contributed by atoms with Crippen LogP contribution >= 0.6 is 35.4 Å². The fourth-order valence-electron chi connectivity index (χ4n) is 3.11. The van der Waals surface area contributed by atoms with Crippen molar-refractivity contribution in [2.24, 2.45) is 0 Å². The number of benzene rings is 2. The largest absolute Gasteiger partial charge is 0.462 e. The number of esters is 1. The molecule has 1 heterocycles. The van der Waals surface area contributed by atoms with Crippen LogP contribution in [-0.4, -0.2) is 53.7 Å². The van der Waals surface area contributed by atoms with E-state index in [0.29, 0.717) is 27.3 Å². The Bertz CT molecular complexity index is 869. The Morgan fingerprint density at radius 1 is 1.07 bits per heavy atom. The Morgan fingerprint density at radius 3 is 2.38 bits per heavy atom. The molecule has 1 saturated heterocycles. The van der Waals surface area contributed by atoms with Crippen LogP contribution in [0.15, 0.2) is 42.5 Å². The summed E-state index contributed by atoms with van der Waals surface area (Å²) in [6, 6.07) is 12.9. The van der Waals surface area contributed by atoms with E-state index in [1.165, 1.54) is 0 Å². The van der Waals surface area contributed by atoms with Gasteiger partial charge in [-0.2, -0.15) is 0 Å². The lowest BCUT2D eigenvalue weighted by atomic mass is 10.2. The summed E-state index contributed by atoms with van der Waals surface area (Å²) in [5.41, 5.74) is 2.52. The highest BCUT2D eigenvalue weighted by Crippen LogP contribution is 2.23. The summed E-state index contributed by atoms with van der Waals surface area (Å²) in [4.78, 5) is 16.2. The second kappa shape index (κ2) is 10.3. The number of nitrogens with zero attached hydrogens (tertiary/aromatic N) is 2. The first-order chi connectivity index (χ1) is 14.0. The molecule has 154 valence electrons. The first kappa shape index (κ1) is 21.8. The maximum atomic E-state index is 11.7. The Labute approximate surface area is 186 Å². The summed E-state index contributed by atoms with van der Waals surface area (Å²) in [5.74, 6) is -0.320. The van der Waals surface area contributed by atoms with Crippen LogP contribution in [0.5, 0.6) is 0 Å². The van der Waals surface area contributed by atoms with Gasteiger partial charge in [0, 0.05) is 38.4 Å². The fourth-order valence-corrected chi connectivity index (χ4v) is 3.73. The lowest BCUT2D eigenvalue weighted by Crippen LogP contribution is -2.49. The molecule has 5 nitrogen and oxygen atoms in total. The predicted octanol–water partition coefficient (Wildman–Crippen LogP) is 4.68. The number of nitrogens with one attached hydrogen (secondary N) is 1. The minimum Gasteiger partial charge on any atom is -0.462 e. The molecule has 1 aliphatic rings. The van der Waals surface area contributed by atoms with Gasteiger partial charge in [-0.1, -0.05) is 29.3 Å². The molecule has 1 N–H and O–H groups in total. The topological polar surface area (TPSA) is 44.8 Å². The zero-order chi connectivity index (χ0) is 20.8. The van der Waals surface area contributed by atoms with E-state index in [-0.39, 0.29) is 5.97 Å². The number of carbonyl (C=O) groups is 1. The summed E-state index contributed by atoms with van der Waals surface area (Å²) in [6.45, 7) is 6.48. The molecular weight excluding hydrogens is 429 g/mol. The highest BCUT2D eigenvalue weighted by molar-refractivity contribution is 7.80. The van der Waals surface area contributed by atoms with E-state index >= 15 is 0 Å². The van der Waals surface area contributed by atoms with Crippen molar-refractivity contribution in [3.05, 3.63) is 63.6 Å². The highest BCUT2D eigenvalue weighted by Gasteiger charge is 2.19. The van der Waals surface area contributed by atoms with Crippen molar-refractivity contribution < 1.29 is 9.53 Å². The van der Waals surface area contributed by atoms with Crippen LogP contribution < -0.4 is 5.32 Å². The van der Waals surface area contributed by atoms with Gasteiger partial charge in [-0.05, 0) is 61.1 Å². The molecule has 1 fully saturated rings. The van der Waals surface area contributed by atoms with Gasteiger partial charge in [0.1, 0.15) is 0 Å². The average Bonchev–Trinajstić information content (AvgIpc) is 2.72. The standard InChI is InChI=1S/C21H23Cl2N3O2S/c1-2-28-20(27)16-4-6-17(7-5-16)24-21(29)26-11-9-25(10-12-26)14-15-3-8-18(22)19(23)13-15/h3-8,13H,2,9-12,14H2,1H3,(H,24,29). The third-order valence-electron chi connectivity index (χ3n) is 4.70. The zero-order valence-corrected chi connectivity index (χ0v) is 18.5. The number of halogens is 2. The minimum atomic E-state index is -0.320. The Morgan fingerprint density at radius 2 is 1.76 bits per heavy atom. The van der Waals surface area contributed by atoms with Crippen LogP contribution in [0.2, 0.25) is 10.0 Å². The highest BCUT2D eigenvalue weighted by atomic mass is 35.5. The number of anilines is 1. The van der Waals surface area contributed by atoms with Crippen LogP contribution in [0, 0.1) is 0 Å². The van der Waals surface area contributed by atoms with Crippen molar-refractivity contribution in [3.63, 3.8) is 0 Å². The van der Waals surface area contributed by atoms with Gasteiger partial charge in [0.2, 0.25) is 0 Å². The Kier molecular flexibility index (Phi) is 7.72. The molecule has 29 heavy (non-hydrogen) atoms. The van der Waals surface area contributed by atoms with E-state index in [1.54, 1.807) is 19.1 Å². The van der Waals surface area contributed by atoms with Crippen molar-refractivity contribution in [2.45, 2.75) is 13.5 Å². The van der Waals surface area contributed by atoms with E-state index in [2.05, 4.69) is 15.1 Å². The zero-order valence-electron chi connectivity index (χ0n) is 16.2. The van der Waals surface area contributed by atoms with E-state index in [1.807, 2.05) is 30.3 Å². The summed E-state index contributed by atoms with van der Waals surface area (Å²) in [5, 5.41) is 5.09. The van der Waals surface area contributed by atoms with E-state index < -0.39 is 0 Å². The molecule has 0 spiro atoms. The summed E-state index contributed by atoms with van der Waals surface area (Å²) < 4.78 is 5.00. The number of hydrogen-bond donors (Lipinski definition) is 1. The molecule has 0 saturated carbocycles. The van der Waals surface area contributed by atoms with Gasteiger partial charge < -0.3 is 15.0 Å². The van der Waals surface area contributed by atoms with E-state index in [0.717, 1.165) is 44.0 Å². The van der Waals surface area contributed by atoms with Gasteiger partial charge >= 0.3 is 5.97 Å². The lowest BCUT2D eigenvalue weighted by Gasteiger charge is -2.36. The molecule has 0 bridgehead atoms. The average molecular weight is 452 g/mol. The number of piperazine rings is 1. The second-order valence-corrected chi connectivity index (χ2v) is 7.94. The van der Waals surface area contributed by atoms with Crippen LogP contribution in [0.3, 0.4) is 0 Å². The van der Waals surface area contributed by atoms with Crippen LogP contribution in [0.4, 0.5) is 5.69 Å². The van der Waals surface area contributed by atoms with Gasteiger partial charge in [0.15, 0.2) is 5.11 Å². The summed E-state index contributed by atoms with van der Waals surface area (Å²) >= 11 is 17.6. The third kappa shape index (κ3) is 6.06. The molecule has 1 aliphatic heterocycles. The predicted molar refractivity (Wildman–Crippen MR) is 122 cm³/mol. The molecule has 0 unspecified atom stereocenters. The van der Waals surface area contributed by atoms with Crippen LogP contribution in [-0.2, 0) is 11.3 Å². The lowest BCUT2D eigenvalue weighted by molar-refractivity contribution is 0.0526. The molecular formula is C21H23Cl2N3O2S. The number of thiocarbonyl (C=S) groups is 1. The molecule has 0 amide bonds. The van der Waals surface area contributed by atoms with Gasteiger partial charge in [0.25, 0.3) is 0 Å². The quantitative estimate of drug-likeness (QED) is 0.525. The fraction of sp³-hybridized carbons (Fsp3) is 0.333. The molecule has 0 atom stereocenters. The van der Waals surface area contributed by atoms with Gasteiger partial charge in [-0.25, -0.2) is 4.79 Å². The van der Waals surface area contributed by atoms with Crippen molar-refractivity contribution in [3.8, 4) is 0 Å². The SMILES string of the molecule is CCOC(=O)c1ccc(NC(=S)N2CCN(Cc3ccc(Cl)c(Cl)c3)CC2)cc1. The molecule has 0 aromatic heterocycles. The molecule has 2 aromatic rings. The van der Waals surface area contributed by atoms with Crippen molar-refractivity contribution >= 4 is 52.2 Å². The molecule has 3 rings (SSSR count). The summed E-state index contributed by atoms with van der Waals surface area (Å²) in [7, 11) is 0. The molecule has 2 aromatic carbocycles. The van der Waals surface area contributed by atoms with E-state index in [4.69, 9.17) is 40.2 Å². The monoisotopic (exact) mass is 451 g/mol. The Hall–Kier alpha value is -1.86. The second-order valence-electron chi connectivity index (χ2n) is 6.74. The van der Waals surface area contributed by atoms with Crippen LogP contribution in [0.25, 0.3) is 0 Å². The van der Waals surface area contributed by atoms with Crippen molar-refractivity contribution in [1.29, 1.82) is 0 Å². The molecule has 0 aliphatic carbocycles. The first-order valence-corrected chi connectivity index (χ1v) is 10.6. The van der Waals surface area contributed by atoms with Crippen molar-refractivity contribution in [2.75, 3.05) is 38.1 Å². The smallest absolute Gasteiger partial charge is 0.338 e. The number of ether oxygens (including phenoxy) is 1. The van der Waals surface area contributed by atoms with Gasteiger partial charge in [-0.15, -0.1) is 0 Å². The normalized spacial score (nSPS) is 14.5. The van der Waals surface area contributed by atoms with Crippen LogP contribution in [0.1, 0.15) is 22.8 Å². The first-order valence-electron chi connectivity index (χ1n) is 9.45. The van der Waals surface area contributed by atoms with Gasteiger partial charge in [-0.3, -0.25) is 4.90 Å². The molecule has 0 radical (unpaired) electrons. The minimum absolute atomic E-state index is 0.320. The number of hydrogen-bond acceptors (Lipinski definition) is 4. The third-order valence-corrected chi connectivity index (χ3v) is 5.80. The maximum absolute atomic E-state index is 11.7. The molecule has 8 heteroatoms. The number of rotatable bonds is 5. The summed E-state index contributed by atoms with van der Waals surface area (Å²) in [6.07, 6.45) is 0. The van der Waals surface area contributed by atoms with Crippen molar-refractivity contribution in [1.82, 2.24) is 9.80 Å². The van der Waals surface area contributed by atoms with E-state index in [9.17, 15) is 4.79 Å². The number of carbonyl (C=O) groups excluding carboxylic acids is 1. The maximum Gasteiger partial charge on any atom is 0.338 e. The van der Waals surface area contributed by atoms with Gasteiger partial charge in [0.05, 0.1) is 22.2 Å². The Balaban J connectivity index is 1.48.